The third-order valence-corrected chi connectivity index (χ3v) is 6.06. The van der Waals surface area contributed by atoms with Gasteiger partial charge in [-0.25, -0.2) is 0 Å². The van der Waals surface area contributed by atoms with Gasteiger partial charge in [0.15, 0.2) is 16.6 Å². The van der Waals surface area contributed by atoms with Crippen molar-refractivity contribution in [1.82, 2.24) is 5.32 Å². The number of thiocarbonyl (C=S) groups is 1. The van der Waals surface area contributed by atoms with Crippen molar-refractivity contribution in [2.45, 2.75) is 31.7 Å². The number of carbonyl (C=O) groups excluding carboxylic acids is 1. The molecule has 1 saturated heterocycles. The molecule has 0 radical (unpaired) electrons. The molecule has 4 rings (SSSR count). The van der Waals surface area contributed by atoms with Gasteiger partial charge in [-0.1, -0.05) is 0 Å². The smallest absolute Gasteiger partial charge is 0.417 e. The second-order valence-electron chi connectivity index (χ2n) is 8.40. The van der Waals surface area contributed by atoms with E-state index in [2.05, 4.69) is 5.32 Å². The molecule has 0 bridgehead atoms. The van der Waals surface area contributed by atoms with E-state index < -0.39 is 28.7 Å². The summed E-state index contributed by atoms with van der Waals surface area (Å²) in [5.74, 6) is 0.523. The lowest BCUT2D eigenvalue weighted by Crippen LogP contribution is -2.44. The molecule has 0 aromatic heterocycles. The number of nitrogens with one attached hydrogen (secondary N) is 1. The van der Waals surface area contributed by atoms with Gasteiger partial charge in [-0.15, -0.1) is 0 Å². The third-order valence-electron chi connectivity index (χ3n) is 5.69. The normalized spacial score (nSPS) is 19.4. The number of ether oxygens (including phenoxy) is 2. The number of benzene rings is 2. The molecule has 1 fully saturated rings. The highest BCUT2D eigenvalue weighted by molar-refractivity contribution is 7.81. The SMILES string of the molecule is CNC[C@H]1COc2cc(N3C(=S)N(c4ccc(C#N)c(C(F)(F)F)c4)C(=O)C3(C)C)ccc2O1. The van der Waals surface area contributed by atoms with Crippen LogP contribution in [-0.2, 0) is 11.0 Å². The molecule has 2 aromatic carbocycles. The Balaban J connectivity index is 1.71. The van der Waals surface area contributed by atoms with Crippen LogP contribution in [0.1, 0.15) is 25.0 Å². The number of carbonyl (C=O) groups is 1. The number of fused-ring (bicyclic) bond motifs is 1. The zero-order chi connectivity index (χ0) is 24.8. The van der Waals surface area contributed by atoms with Crippen molar-refractivity contribution in [3.8, 4) is 17.6 Å². The van der Waals surface area contributed by atoms with E-state index in [1.165, 1.54) is 12.1 Å². The first-order chi connectivity index (χ1) is 16.0. The van der Waals surface area contributed by atoms with Crippen LogP contribution in [0.3, 0.4) is 0 Å². The molecule has 34 heavy (non-hydrogen) atoms. The Morgan fingerprint density at radius 2 is 1.91 bits per heavy atom. The highest BCUT2D eigenvalue weighted by Crippen LogP contribution is 2.42. The van der Waals surface area contributed by atoms with Gasteiger partial charge in [0.25, 0.3) is 5.91 Å². The second-order valence-corrected chi connectivity index (χ2v) is 8.76. The molecule has 7 nitrogen and oxygen atoms in total. The monoisotopic (exact) mass is 490 g/mol. The van der Waals surface area contributed by atoms with Gasteiger partial charge in [0.2, 0.25) is 0 Å². The zero-order valence-electron chi connectivity index (χ0n) is 18.6. The first-order valence-corrected chi connectivity index (χ1v) is 10.8. The standard InChI is InChI=1S/C23H21F3N4O3S/c1-22(2)20(31)29(14-5-4-13(10-27)17(8-14)23(24,25)26)21(34)30(22)15-6-7-18-19(9-15)32-12-16(33-18)11-28-3/h4-9,16,28H,11-12H2,1-3H3/t16-/m0/s1. The van der Waals surface area contributed by atoms with Gasteiger partial charge in [-0.2, -0.15) is 18.4 Å². The number of likely N-dealkylation sites (N-methyl/N-ethyl adjacent to an activating group) is 1. The maximum atomic E-state index is 13.5. The number of hydrogen-bond donors (Lipinski definition) is 1. The maximum absolute atomic E-state index is 13.5. The van der Waals surface area contributed by atoms with Crippen LogP contribution in [0.25, 0.3) is 0 Å². The first-order valence-electron chi connectivity index (χ1n) is 10.4. The number of nitrogens with zero attached hydrogens (tertiary/aromatic N) is 3. The molecule has 0 unspecified atom stereocenters. The largest absolute Gasteiger partial charge is 0.486 e. The summed E-state index contributed by atoms with van der Waals surface area (Å²) in [6.45, 7) is 4.21. The molecule has 178 valence electrons. The van der Waals surface area contributed by atoms with E-state index >= 15 is 0 Å². The quantitative estimate of drug-likeness (QED) is 0.653. The molecular formula is C23H21F3N4O3S. The van der Waals surface area contributed by atoms with Crippen LogP contribution in [0.4, 0.5) is 24.5 Å². The molecule has 0 saturated carbocycles. The van der Waals surface area contributed by atoms with E-state index in [9.17, 15) is 18.0 Å². The average Bonchev–Trinajstić information content (AvgIpc) is 2.96. The molecule has 0 aliphatic carbocycles. The van der Waals surface area contributed by atoms with Crippen molar-refractivity contribution in [3.63, 3.8) is 0 Å². The summed E-state index contributed by atoms with van der Waals surface area (Å²) in [6.07, 6.45) is -4.91. The fourth-order valence-corrected chi connectivity index (χ4v) is 4.55. The topological polar surface area (TPSA) is 77.8 Å². The van der Waals surface area contributed by atoms with Crippen LogP contribution in [0.15, 0.2) is 36.4 Å². The fraction of sp³-hybridized carbons (Fsp3) is 0.348. The van der Waals surface area contributed by atoms with Gasteiger partial charge >= 0.3 is 6.18 Å². The van der Waals surface area contributed by atoms with Gasteiger partial charge in [-0.3, -0.25) is 9.69 Å². The molecule has 11 heteroatoms. The molecule has 2 heterocycles. The Hall–Kier alpha value is -3.36. The molecule has 2 aliphatic heterocycles. The summed E-state index contributed by atoms with van der Waals surface area (Å²) in [5, 5.41) is 12.1. The minimum atomic E-state index is -4.76. The summed E-state index contributed by atoms with van der Waals surface area (Å²) in [7, 11) is 1.81. The number of alkyl halides is 3. The minimum absolute atomic E-state index is 0.0116. The van der Waals surface area contributed by atoms with Crippen molar-refractivity contribution < 1.29 is 27.4 Å². The van der Waals surface area contributed by atoms with Crippen molar-refractivity contribution in [1.29, 1.82) is 5.26 Å². The Morgan fingerprint density at radius 3 is 2.56 bits per heavy atom. The average molecular weight is 491 g/mol. The van der Waals surface area contributed by atoms with E-state index in [0.29, 0.717) is 30.3 Å². The zero-order valence-corrected chi connectivity index (χ0v) is 19.4. The maximum Gasteiger partial charge on any atom is 0.417 e. The number of amides is 1. The first kappa shape index (κ1) is 23.8. The lowest BCUT2D eigenvalue weighted by molar-refractivity contribution is -0.137. The van der Waals surface area contributed by atoms with Crippen molar-refractivity contribution >= 4 is 34.6 Å². The van der Waals surface area contributed by atoms with E-state index in [4.69, 9.17) is 27.0 Å². The van der Waals surface area contributed by atoms with Gasteiger partial charge in [-0.05, 0) is 63.4 Å². The minimum Gasteiger partial charge on any atom is -0.486 e. The molecule has 2 aliphatic rings. The lowest BCUT2D eigenvalue weighted by Gasteiger charge is -2.31. The van der Waals surface area contributed by atoms with Crippen LogP contribution < -0.4 is 24.6 Å². The Labute approximate surface area is 199 Å². The predicted molar refractivity (Wildman–Crippen MR) is 123 cm³/mol. The number of anilines is 2. The fourth-order valence-electron chi connectivity index (χ4n) is 4.03. The molecule has 1 atom stereocenters. The van der Waals surface area contributed by atoms with Gasteiger partial charge in [0, 0.05) is 18.3 Å². The van der Waals surface area contributed by atoms with Crippen LogP contribution in [0, 0.1) is 11.3 Å². The summed E-state index contributed by atoms with van der Waals surface area (Å²) >= 11 is 5.56. The lowest BCUT2D eigenvalue weighted by atomic mass is 10.0. The van der Waals surface area contributed by atoms with Crippen LogP contribution in [0.2, 0.25) is 0 Å². The van der Waals surface area contributed by atoms with Crippen molar-refractivity contribution in [3.05, 3.63) is 47.5 Å². The van der Waals surface area contributed by atoms with E-state index in [1.54, 1.807) is 36.9 Å². The highest BCUT2D eigenvalue weighted by atomic mass is 32.1. The van der Waals surface area contributed by atoms with Gasteiger partial charge in [0.05, 0.1) is 22.9 Å². The Morgan fingerprint density at radius 1 is 1.21 bits per heavy atom. The molecule has 1 amide bonds. The number of halogens is 3. The highest BCUT2D eigenvalue weighted by Gasteiger charge is 2.51. The summed E-state index contributed by atoms with van der Waals surface area (Å²) in [4.78, 5) is 16.0. The van der Waals surface area contributed by atoms with E-state index in [1.807, 2.05) is 7.05 Å². The second kappa shape index (κ2) is 8.45. The predicted octanol–water partition coefficient (Wildman–Crippen LogP) is 3.85. The van der Waals surface area contributed by atoms with E-state index in [0.717, 1.165) is 17.0 Å². The van der Waals surface area contributed by atoms with Gasteiger partial charge < -0.3 is 19.7 Å². The van der Waals surface area contributed by atoms with Crippen LogP contribution in [0.5, 0.6) is 11.5 Å². The molecule has 2 aromatic rings. The van der Waals surface area contributed by atoms with Gasteiger partial charge in [0.1, 0.15) is 18.2 Å². The molecule has 0 spiro atoms. The third kappa shape index (κ3) is 3.93. The Bertz CT molecular complexity index is 1210. The van der Waals surface area contributed by atoms with Crippen molar-refractivity contribution in [2.24, 2.45) is 0 Å². The number of hydrogen-bond acceptors (Lipinski definition) is 6. The molecule has 1 N–H and O–H groups in total. The Kier molecular flexibility index (Phi) is 5.91. The van der Waals surface area contributed by atoms with E-state index in [-0.39, 0.29) is 16.9 Å². The molecular weight excluding hydrogens is 469 g/mol. The van der Waals surface area contributed by atoms with Crippen LogP contribution >= 0.6 is 12.2 Å². The number of nitriles is 1. The summed E-state index contributed by atoms with van der Waals surface area (Å²) in [5.41, 5.74) is -2.39. The number of rotatable bonds is 4. The van der Waals surface area contributed by atoms with Crippen LogP contribution in [-0.4, -0.2) is 42.9 Å². The summed E-state index contributed by atoms with van der Waals surface area (Å²) < 4.78 is 52.2. The van der Waals surface area contributed by atoms with Crippen molar-refractivity contribution in [2.75, 3.05) is 30.0 Å². The summed E-state index contributed by atoms with van der Waals surface area (Å²) in [6, 6.07) is 9.74.